The van der Waals surface area contributed by atoms with E-state index in [1.54, 1.807) is 6.92 Å². The van der Waals surface area contributed by atoms with Crippen molar-refractivity contribution in [1.82, 2.24) is 10.2 Å². The summed E-state index contributed by atoms with van der Waals surface area (Å²) in [7, 11) is 1.84. The molecule has 6 nitrogen and oxygen atoms in total. The van der Waals surface area contributed by atoms with Crippen molar-refractivity contribution in [3.05, 3.63) is 0 Å². The maximum atomic E-state index is 11.9. The average molecular weight is 262 g/mol. The minimum atomic E-state index is -0.430. The van der Waals surface area contributed by atoms with E-state index in [0.29, 0.717) is 19.8 Å². The van der Waals surface area contributed by atoms with Gasteiger partial charge in [0.2, 0.25) is 5.91 Å². The number of likely N-dealkylation sites (N-methyl/N-ethyl adjacent to an activating group) is 1. The van der Waals surface area contributed by atoms with Crippen LogP contribution in [0.5, 0.6) is 0 Å². The molecule has 0 radical (unpaired) electrons. The van der Waals surface area contributed by atoms with Gasteiger partial charge < -0.3 is 14.8 Å². The lowest BCUT2D eigenvalue weighted by atomic mass is 10.2. The summed E-state index contributed by atoms with van der Waals surface area (Å²) in [4.78, 5) is 24.9. The van der Waals surface area contributed by atoms with E-state index in [4.69, 9.17) is 9.47 Å². The SMILES string of the molecule is CCOCC(C(=O)NCC(=O)OCC)N(C)CC.[HH]. The van der Waals surface area contributed by atoms with Gasteiger partial charge in [0.1, 0.15) is 12.6 Å². The van der Waals surface area contributed by atoms with E-state index in [9.17, 15) is 9.59 Å². The first-order chi connectivity index (χ1) is 8.56. The number of esters is 1. The van der Waals surface area contributed by atoms with Crippen molar-refractivity contribution >= 4 is 11.9 Å². The largest absolute Gasteiger partial charge is 0.465 e. The van der Waals surface area contributed by atoms with Gasteiger partial charge in [-0.25, -0.2) is 0 Å². The van der Waals surface area contributed by atoms with E-state index in [-0.39, 0.29) is 19.9 Å². The molecule has 1 N–H and O–H groups in total. The number of ether oxygens (including phenoxy) is 2. The molecule has 1 unspecified atom stereocenters. The van der Waals surface area contributed by atoms with Gasteiger partial charge in [0, 0.05) is 8.03 Å². The van der Waals surface area contributed by atoms with E-state index >= 15 is 0 Å². The van der Waals surface area contributed by atoms with E-state index in [1.807, 2.05) is 25.8 Å². The highest BCUT2D eigenvalue weighted by molar-refractivity contribution is 5.85. The Morgan fingerprint density at radius 1 is 1.28 bits per heavy atom. The summed E-state index contributed by atoms with van der Waals surface area (Å²) in [6, 6.07) is -0.385. The second-order valence-electron chi connectivity index (χ2n) is 3.77. The highest BCUT2D eigenvalue weighted by Gasteiger charge is 2.22. The molecule has 0 spiro atoms. The van der Waals surface area contributed by atoms with Gasteiger partial charge in [0.05, 0.1) is 13.2 Å². The van der Waals surface area contributed by atoms with Crippen LogP contribution in [-0.2, 0) is 19.1 Å². The maximum Gasteiger partial charge on any atom is 0.325 e. The molecular weight excluding hydrogens is 236 g/mol. The third kappa shape index (κ3) is 6.56. The number of hydrogen-bond donors (Lipinski definition) is 1. The smallest absolute Gasteiger partial charge is 0.325 e. The van der Waals surface area contributed by atoms with Crippen LogP contribution in [0.1, 0.15) is 22.2 Å². The Bertz CT molecular complexity index is 264. The van der Waals surface area contributed by atoms with Crippen LogP contribution in [0, 0.1) is 0 Å². The Morgan fingerprint density at radius 2 is 1.94 bits per heavy atom. The van der Waals surface area contributed by atoms with Crippen molar-refractivity contribution in [2.75, 3.05) is 40.0 Å². The van der Waals surface area contributed by atoms with Gasteiger partial charge in [0.25, 0.3) is 0 Å². The zero-order chi connectivity index (χ0) is 14.0. The van der Waals surface area contributed by atoms with Crippen molar-refractivity contribution < 1.29 is 20.5 Å². The lowest BCUT2D eigenvalue weighted by Gasteiger charge is -2.25. The molecular formula is C12H26N2O4. The fraction of sp³-hybridized carbons (Fsp3) is 0.833. The molecule has 18 heavy (non-hydrogen) atoms. The van der Waals surface area contributed by atoms with Crippen LogP contribution in [0.2, 0.25) is 0 Å². The maximum absolute atomic E-state index is 11.9. The number of nitrogens with zero attached hydrogens (tertiary/aromatic N) is 1. The molecule has 108 valence electrons. The van der Waals surface area contributed by atoms with Crippen molar-refractivity contribution in [3.8, 4) is 0 Å². The number of amides is 1. The number of carbonyl (C=O) groups excluding carboxylic acids is 2. The third-order valence-corrected chi connectivity index (χ3v) is 2.53. The van der Waals surface area contributed by atoms with Gasteiger partial charge in [-0.1, -0.05) is 6.92 Å². The molecule has 1 amide bonds. The fourth-order valence-corrected chi connectivity index (χ4v) is 1.34. The lowest BCUT2D eigenvalue weighted by Crippen LogP contribution is -2.49. The predicted molar refractivity (Wildman–Crippen MR) is 70.3 cm³/mol. The molecule has 0 heterocycles. The molecule has 6 heteroatoms. The van der Waals surface area contributed by atoms with Gasteiger partial charge >= 0.3 is 5.97 Å². The monoisotopic (exact) mass is 262 g/mol. The fourth-order valence-electron chi connectivity index (χ4n) is 1.34. The topological polar surface area (TPSA) is 67.9 Å². The molecule has 0 rings (SSSR count). The highest BCUT2D eigenvalue weighted by atomic mass is 16.5. The minimum absolute atomic E-state index is 0. The molecule has 0 aromatic carbocycles. The van der Waals surface area contributed by atoms with Gasteiger partial charge in [-0.05, 0) is 27.4 Å². The normalized spacial score (nSPS) is 12.3. The Labute approximate surface area is 110 Å². The van der Waals surface area contributed by atoms with Crippen LogP contribution in [0.25, 0.3) is 0 Å². The summed E-state index contributed by atoms with van der Waals surface area (Å²) in [6.07, 6.45) is 0. The molecule has 0 aliphatic rings. The second-order valence-corrected chi connectivity index (χ2v) is 3.77. The number of hydrogen-bond acceptors (Lipinski definition) is 5. The molecule has 0 fully saturated rings. The molecule has 0 saturated carbocycles. The summed E-state index contributed by atoms with van der Waals surface area (Å²) in [6.45, 7) is 7.36. The van der Waals surface area contributed by atoms with E-state index < -0.39 is 5.97 Å². The molecule has 0 aliphatic carbocycles. The number of nitrogens with one attached hydrogen (secondary N) is 1. The van der Waals surface area contributed by atoms with Crippen molar-refractivity contribution in [1.29, 1.82) is 0 Å². The Morgan fingerprint density at radius 3 is 2.44 bits per heavy atom. The van der Waals surface area contributed by atoms with E-state index in [1.165, 1.54) is 0 Å². The molecule has 1 atom stereocenters. The predicted octanol–water partition coefficient (Wildman–Crippen LogP) is 0.269. The average Bonchev–Trinajstić information content (AvgIpc) is 2.36. The Hall–Kier alpha value is -1.14. The molecule has 0 aliphatic heterocycles. The molecule has 0 saturated heterocycles. The van der Waals surface area contributed by atoms with Gasteiger partial charge in [-0.15, -0.1) is 0 Å². The van der Waals surface area contributed by atoms with Gasteiger partial charge in [0.15, 0.2) is 0 Å². The van der Waals surface area contributed by atoms with Crippen molar-refractivity contribution in [2.45, 2.75) is 26.8 Å². The van der Waals surface area contributed by atoms with Crippen molar-refractivity contribution in [2.24, 2.45) is 0 Å². The first-order valence-electron chi connectivity index (χ1n) is 6.28. The zero-order valence-electron chi connectivity index (χ0n) is 11.7. The van der Waals surface area contributed by atoms with Crippen LogP contribution >= 0.6 is 0 Å². The van der Waals surface area contributed by atoms with Gasteiger partial charge in [-0.2, -0.15) is 0 Å². The summed E-state index contributed by atoms with van der Waals surface area (Å²) < 4.78 is 10.0. The summed E-state index contributed by atoms with van der Waals surface area (Å²) in [5.41, 5.74) is 0. The second kappa shape index (κ2) is 9.85. The van der Waals surface area contributed by atoms with E-state index in [2.05, 4.69) is 5.32 Å². The molecule has 0 bridgehead atoms. The molecule has 0 aromatic heterocycles. The van der Waals surface area contributed by atoms with Crippen LogP contribution < -0.4 is 5.32 Å². The number of rotatable bonds is 9. The Balaban J connectivity index is 0. The Kier molecular flexibility index (Phi) is 9.22. The summed E-state index contributed by atoms with van der Waals surface area (Å²) in [5.74, 6) is -0.652. The van der Waals surface area contributed by atoms with Crippen LogP contribution in [0.4, 0.5) is 0 Å². The third-order valence-electron chi connectivity index (χ3n) is 2.53. The van der Waals surface area contributed by atoms with Crippen LogP contribution in [-0.4, -0.2) is 62.8 Å². The van der Waals surface area contributed by atoms with Crippen LogP contribution in [0.15, 0.2) is 0 Å². The van der Waals surface area contributed by atoms with E-state index in [0.717, 1.165) is 6.54 Å². The summed E-state index contributed by atoms with van der Waals surface area (Å²) in [5, 5.41) is 2.56. The highest BCUT2D eigenvalue weighted by Crippen LogP contribution is 1.98. The van der Waals surface area contributed by atoms with Crippen molar-refractivity contribution in [3.63, 3.8) is 0 Å². The van der Waals surface area contributed by atoms with Gasteiger partial charge in [-0.3, -0.25) is 14.5 Å². The quantitative estimate of drug-likeness (QED) is 0.604. The minimum Gasteiger partial charge on any atom is -0.465 e. The first-order valence-corrected chi connectivity index (χ1v) is 6.28. The summed E-state index contributed by atoms with van der Waals surface area (Å²) >= 11 is 0. The first kappa shape index (κ1) is 16.9. The number of carbonyl (C=O) groups is 2. The lowest BCUT2D eigenvalue weighted by molar-refractivity contribution is -0.144. The van der Waals surface area contributed by atoms with Crippen LogP contribution in [0.3, 0.4) is 0 Å². The standard InChI is InChI=1S/C12H24N2O4.H2/c1-5-14(4)10(9-17-6-2)12(16)13-8-11(15)18-7-3;/h10H,5-9H2,1-4H3,(H,13,16);1H. The molecule has 0 aromatic rings. The zero-order valence-corrected chi connectivity index (χ0v) is 11.7.